The molecule has 1 fully saturated rings. The Morgan fingerprint density at radius 2 is 1.96 bits per heavy atom. The van der Waals surface area contributed by atoms with Gasteiger partial charge in [0.25, 0.3) is 0 Å². The molecule has 2 aromatic heterocycles. The van der Waals surface area contributed by atoms with Gasteiger partial charge in [0.05, 0.1) is 18.8 Å². The summed E-state index contributed by atoms with van der Waals surface area (Å²) in [5, 5.41) is 8.83. The number of hydrogen-bond donors (Lipinski definition) is 2. The summed E-state index contributed by atoms with van der Waals surface area (Å²) in [5.41, 5.74) is 2.44. The fourth-order valence-corrected chi connectivity index (χ4v) is 4.07. The van der Waals surface area contributed by atoms with E-state index < -0.39 is 0 Å². The molecule has 1 aliphatic heterocycles. The number of aliphatic imine (C=N–C) groups is 1. The SMILES string of the molecule is CN=C(NCc1ccc(N2CC(C)OC(C)C2)nc1)NCc1sccc1C. The first-order valence-corrected chi connectivity index (χ1v) is 10.3. The number of morpholine rings is 1. The summed E-state index contributed by atoms with van der Waals surface area (Å²) in [7, 11) is 1.79. The van der Waals surface area contributed by atoms with Crippen molar-refractivity contribution in [2.24, 2.45) is 4.99 Å². The third-order valence-corrected chi connectivity index (χ3v) is 5.64. The van der Waals surface area contributed by atoms with Crippen molar-refractivity contribution in [3.63, 3.8) is 0 Å². The number of aryl methyl sites for hydroxylation is 1. The average molecular weight is 388 g/mol. The summed E-state index contributed by atoms with van der Waals surface area (Å²) >= 11 is 1.76. The van der Waals surface area contributed by atoms with Gasteiger partial charge in [-0.05, 0) is 49.4 Å². The molecule has 0 bridgehead atoms. The Balaban J connectivity index is 1.51. The molecular weight excluding hydrogens is 358 g/mol. The van der Waals surface area contributed by atoms with Crippen LogP contribution in [0.5, 0.6) is 0 Å². The van der Waals surface area contributed by atoms with Crippen LogP contribution in [0.2, 0.25) is 0 Å². The van der Waals surface area contributed by atoms with E-state index in [2.05, 4.69) is 69.9 Å². The molecule has 2 atom stereocenters. The van der Waals surface area contributed by atoms with Gasteiger partial charge in [-0.2, -0.15) is 0 Å². The molecule has 1 aliphatic rings. The zero-order chi connectivity index (χ0) is 19.2. The molecule has 2 aromatic rings. The normalized spacial score (nSPS) is 20.6. The standard InChI is InChI=1S/C20H29N5OS/c1-14-7-8-27-18(14)11-24-20(21-4)23-10-17-5-6-19(22-9-17)25-12-15(2)26-16(3)13-25/h5-9,15-16H,10-13H2,1-4H3,(H2,21,23,24). The van der Waals surface area contributed by atoms with Crippen molar-refractivity contribution in [1.29, 1.82) is 0 Å². The first-order chi connectivity index (χ1) is 13.0. The summed E-state index contributed by atoms with van der Waals surface area (Å²) in [6, 6.07) is 6.35. The van der Waals surface area contributed by atoms with Crippen LogP contribution in [0.1, 0.15) is 29.9 Å². The summed E-state index contributed by atoms with van der Waals surface area (Å²) in [4.78, 5) is 12.6. The predicted molar refractivity (Wildman–Crippen MR) is 113 cm³/mol. The van der Waals surface area contributed by atoms with Gasteiger partial charge in [-0.25, -0.2) is 4.98 Å². The third kappa shape index (κ3) is 5.43. The number of aromatic nitrogens is 1. The largest absolute Gasteiger partial charge is 0.372 e. The Hall–Kier alpha value is -2.12. The zero-order valence-electron chi connectivity index (χ0n) is 16.5. The second kappa shape index (κ2) is 9.19. The molecule has 0 radical (unpaired) electrons. The van der Waals surface area contributed by atoms with E-state index in [9.17, 15) is 0 Å². The maximum atomic E-state index is 5.80. The Morgan fingerprint density at radius 1 is 1.22 bits per heavy atom. The second-order valence-corrected chi connectivity index (χ2v) is 7.99. The zero-order valence-corrected chi connectivity index (χ0v) is 17.3. The Kier molecular flexibility index (Phi) is 6.68. The maximum Gasteiger partial charge on any atom is 0.191 e. The lowest BCUT2D eigenvalue weighted by Crippen LogP contribution is -2.45. The number of guanidine groups is 1. The molecule has 0 saturated carbocycles. The van der Waals surface area contributed by atoms with Crippen LogP contribution >= 0.6 is 11.3 Å². The number of hydrogen-bond acceptors (Lipinski definition) is 5. The first-order valence-electron chi connectivity index (χ1n) is 9.38. The number of ether oxygens (including phenoxy) is 1. The topological polar surface area (TPSA) is 61.8 Å². The minimum atomic E-state index is 0.235. The van der Waals surface area contributed by atoms with Crippen LogP contribution in [0.15, 0.2) is 34.8 Å². The van der Waals surface area contributed by atoms with Crippen molar-refractivity contribution >= 4 is 23.1 Å². The number of nitrogens with one attached hydrogen (secondary N) is 2. The van der Waals surface area contributed by atoms with Crippen molar-refractivity contribution in [3.8, 4) is 0 Å². The fourth-order valence-electron chi connectivity index (χ4n) is 3.23. The summed E-state index contributed by atoms with van der Waals surface area (Å²) < 4.78 is 5.80. The van der Waals surface area contributed by atoms with Crippen molar-refractivity contribution in [1.82, 2.24) is 15.6 Å². The molecule has 6 nitrogen and oxygen atoms in total. The van der Waals surface area contributed by atoms with Crippen molar-refractivity contribution in [2.45, 2.75) is 46.1 Å². The smallest absolute Gasteiger partial charge is 0.191 e. The summed E-state index contributed by atoms with van der Waals surface area (Å²) in [5.74, 6) is 1.80. The molecule has 2 unspecified atom stereocenters. The van der Waals surface area contributed by atoms with Gasteiger partial charge in [0, 0.05) is 37.8 Å². The Bertz CT molecular complexity index is 748. The van der Waals surface area contributed by atoms with E-state index in [1.54, 1.807) is 18.4 Å². The molecule has 146 valence electrons. The second-order valence-electron chi connectivity index (χ2n) is 6.99. The predicted octanol–water partition coefficient (Wildman–Crippen LogP) is 2.93. The van der Waals surface area contributed by atoms with E-state index >= 15 is 0 Å². The molecule has 2 N–H and O–H groups in total. The average Bonchev–Trinajstić information content (AvgIpc) is 3.06. The van der Waals surface area contributed by atoms with Gasteiger partial charge in [-0.3, -0.25) is 4.99 Å². The lowest BCUT2D eigenvalue weighted by atomic mass is 10.2. The van der Waals surface area contributed by atoms with Crippen LogP contribution < -0.4 is 15.5 Å². The molecule has 1 saturated heterocycles. The first kappa shape index (κ1) is 19.6. The van der Waals surface area contributed by atoms with E-state index in [1.807, 2.05) is 6.20 Å². The van der Waals surface area contributed by atoms with Crippen molar-refractivity contribution < 1.29 is 4.74 Å². The van der Waals surface area contributed by atoms with Gasteiger partial charge in [0.15, 0.2) is 5.96 Å². The fraction of sp³-hybridized carbons (Fsp3) is 0.500. The van der Waals surface area contributed by atoms with Gasteiger partial charge in [0.1, 0.15) is 5.82 Å². The monoisotopic (exact) mass is 387 g/mol. The highest BCUT2D eigenvalue weighted by Gasteiger charge is 2.22. The Labute approximate surface area is 165 Å². The van der Waals surface area contributed by atoms with Gasteiger partial charge < -0.3 is 20.3 Å². The third-order valence-electron chi connectivity index (χ3n) is 4.62. The highest BCUT2D eigenvalue weighted by atomic mass is 32.1. The van der Waals surface area contributed by atoms with E-state index in [0.29, 0.717) is 6.54 Å². The lowest BCUT2D eigenvalue weighted by molar-refractivity contribution is -0.00545. The minimum absolute atomic E-state index is 0.235. The summed E-state index contributed by atoms with van der Waals surface area (Å²) in [6.07, 6.45) is 2.40. The number of nitrogens with zero attached hydrogens (tertiary/aromatic N) is 3. The highest BCUT2D eigenvalue weighted by Crippen LogP contribution is 2.18. The maximum absolute atomic E-state index is 5.80. The van der Waals surface area contributed by atoms with Crippen LogP contribution in [0, 0.1) is 6.92 Å². The van der Waals surface area contributed by atoms with E-state index in [-0.39, 0.29) is 12.2 Å². The molecule has 3 rings (SSSR count). The molecule has 0 spiro atoms. The number of thiophene rings is 1. The molecular formula is C20H29N5OS. The molecule has 0 aliphatic carbocycles. The van der Waals surface area contributed by atoms with Crippen LogP contribution in [0.25, 0.3) is 0 Å². The molecule has 0 amide bonds. The quantitative estimate of drug-likeness (QED) is 0.610. The lowest BCUT2D eigenvalue weighted by Gasteiger charge is -2.36. The summed E-state index contributed by atoms with van der Waals surface area (Å²) in [6.45, 7) is 9.59. The van der Waals surface area contributed by atoms with Crippen LogP contribution in [0.3, 0.4) is 0 Å². The number of anilines is 1. The molecule has 7 heteroatoms. The Morgan fingerprint density at radius 3 is 2.56 bits per heavy atom. The van der Waals surface area contributed by atoms with Gasteiger partial charge in [-0.1, -0.05) is 6.07 Å². The van der Waals surface area contributed by atoms with Crippen molar-refractivity contribution in [3.05, 3.63) is 45.8 Å². The van der Waals surface area contributed by atoms with Crippen molar-refractivity contribution in [2.75, 3.05) is 25.0 Å². The number of rotatable bonds is 5. The molecule has 0 aromatic carbocycles. The van der Waals surface area contributed by atoms with E-state index in [4.69, 9.17) is 4.74 Å². The van der Waals surface area contributed by atoms with Crippen LogP contribution in [-0.2, 0) is 17.8 Å². The molecule has 3 heterocycles. The van der Waals surface area contributed by atoms with Gasteiger partial charge in [0.2, 0.25) is 0 Å². The van der Waals surface area contributed by atoms with Gasteiger partial charge >= 0.3 is 0 Å². The minimum Gasteiger partial charge on any atom is -0.372 e. The van der Waals surface area contributed by atoms with E-state index in [0.717, 1.165) is 37.0 Å². The van der Waals surface area contributed by atoms with Crippen LogP contribution in [-0.4, -0.2) is 43.3 Å². The van der Waals surface area contributed by atoms with E-state index in [1.165, 1.54) is 10.4 Å². The van der Waals surface area contributed by atoms with Crippen LogP contribution in [0.4, 0.5) is 5.82 Å². The van der Waals surface area contributed by atoms with Gasteiger partial charge in [-0.15, -0.1) is 11.3 Å². The number of pyridine rings is 1. The highest BCUT2D eigenvalue weighted by molar-refractivity contribution is 7.10. The molecule has 27 heavy (non-hydrogen) atoms.